The van der Waals surface area contributed by atoms with Crippen molar-refractivity contribution in [1.29, 1.82) is 0 Å². The Morgan fingerprint density at radius 1 is 1.41 bits per heavy atom. The highest BCUT2D eigenvalue weighted by Crippen LogP contribution is 2.35. The van der Waals surface area contributed by atoms with E-state index in [-0.39, 0.29) is 11.5 Å². The van der Waals surface area contributed by atoms with Gasteiger partial charge in [-0.05, 0) is 38.8 Å². The Kier molecular flexibility index (Phi) is 6.26. The van der Waals surface area contributed by atoms with Crippen LogP contribution in [0.2, 0.25) is 0 Å². The molecule has 2 atom stereocenters. The maximum absolute atomic E-state index is 10.3. The van der Waals surface area contributed by atoms with Crippen molar-refractivity contribution in [1.82, 2.24) is 10.6 Å². The molecule has 0 aliphatic heterocycles. The van der Waals surface area contributed by atoms with Crippen LogP contribution >= 0.6 is 11.3 Å². The number of nitrogens with one attached hydrogen (secondary N) is 2. The van der Waals surface area contributed by atoms with Gasteiger partial charge in [0.05, 0.1) is 12.6 Å². The van der Waals surface area contributed by atoms with Gasteiger partial charge >= 0.3 is 0 Å². The van der Waals surface area contributed by atoms with E-state index in [2.05, 4.69) is 48.5 Å². The zero-order chi connectivity index (χ0) is 16.0. The summed E-state index contributed by atoms with van der Waals surface area (Å²) < 4.78 is 0. The summed E-state index contributed by atoms with van der Waals surface area (Å²) >= 11 is 1.79. The van der Waals surface area contributed by atoms with Gasteiger partial charge in [-0.1, -0.05) is 19.8 Å². The largest absolute Gasteiger partial charge is 0.392 e. The van der Waals surface area contributed by atoms with Gasteiger partial charge in [-0.15, -0.1) is 11.3 Å². The molecular formula is C17H29N3OS. The third kappa shape index (κ3) is 4.71. The van der Waals surface area contributed by atoms with E-state index in [1.54, 1.807) is 11.3 Å². The topological polar surface area (TPSA) is 56.7 Å². The molecule has 0 radical (unpaired) electrons. The number of nitrogens with zero attached hydrogens (tertiary/aromatic N) is 1. The molecular weight excluding hydrogens is 294 g/mol. The smallest absolute Gasteiger partial charge is 0.191 e. The molecule has 1 fully saturated rings. The maximum Gasteiger partial charge on any atom is 0.191 e. The minimum absolute atomic E-state index is 0.0477. The van der Waals surface area contributed by atoms with Crippen LogP contribution in [0.3, 0.4) is 0 Å². The molecule has 4 nitrogen and oxygen atoms in total. The van der Waals surface area contributed by atoms with Gasteiger partial charge in [0, 0.05) is 28.3 Å². The molecule has 1 aliphatic rings. The van der Waals surface area contributed by atoms with Gasteiger partial charge in [0.25, 0.3) is 0 Å². The summed E-state index contributed by atoms with van der Waals surface area (Å²) in [5.41, 5.74) is -0.0477. The molecule has 3 N–H and O–H groups in total. The number of hydrogen-bond acceptors (Lipinski definition) is 3. The van der Waals surface area contributed by atoms with Gasteiger partial charge in [-0.25, -0.2) is 4.99 Å². The zero-order valence-corrected chi connectivity index (χ0v) is 14.8. The summed E-state index contributed by atoms with van der Waals surface area (Å²) in [4.78, 5) is 7.26. The molecule has 1 aromatic heterocycles. The molecule has 0 bridgehead atoms. The molecule has 1 heterocycles. The monoisotopic (exact) mass is 323 g/mol. The van der Waals surface area contributed by atoms with Crippen molar-refractivity contribution in [2.45, 2.75) is 59.1 Å². The van der Waals surface area contributed by atoms with E-state index in [0.717, 1.165) is 38.3 Å². The number of aliphatic imine (C=N–C) groups is 1. The van der Waals surface area contributed by atoms with E-state index < -0.39 is 0 Å². The zero-order valence-electron chi connectivity index (χ0n) is 14.0. The lowest BCUT2D eigenvalue weighted by atomic mass is 9.73. The maximum atomic E-state index is 10.3. The molecule has 0 amide bonds. The number of aliphatic hydroxyl groups is 1. The highest BCUT2D eigenvalue weighted by Gasteiger charge is 2.35. The molecule has 2 rings (SSSR count). The summed E-state index contributed by atoms with van der Waals surface area (Å²) in [6.45, 7) is 8.68. The fourth-order valence-electron chi connectivity index (χ4n) is 2.94. The molecule has 1 aromatic rings. The lowest BCUT2D eigenvalue weighted by Crippen LogP contribution is -2.48. The van der Waals surface area contributed by atoms with E-state index in [1.807, 2.05) is 0 Å². The van der Waals surface area contributed by atoms with Crippen molar-refractivity contribution in [2.24, 2.45) is 10.4 Å². The second kappa shape index (κ2) is 7.97. The van der Waals surface area contributed by atoms with Crippen LogP contribution in [0, 0.1) is 12.3 Å². The van der Waals surface area contributed by atoms with Crippen molar-refractivity contribution >= 4 is 17.3 Å². The first-order chi connectivity index (χ1) is 10.5. The molecule has 124 valence electrons. The molecule has 1 aliphatic carbocycles. The van der Waals surface area contributed by atoms with Gasteiger partial charge in [-0.3, -0.25) is 0 Å². The highest BCUT2D eigenvalue weighted by atomic mass is 32.1. The third-order valence-electron chi connectivity index (χ3n) is 4.47. The average Bonchev–Trinajstić information content (AvgIpc) is 2.91. The number of hydrogen-bond donors (Lipinski definition) is 3. The van der Waals surface area contributed by atoms with Crippen LogP contribution < -0.4 is 10.6 Å². The van der Waals surface area contributed by atoms with Crippen LogP contribution in [-0.2, 0) is 6.54 Å². The van der Waals surface area contributed by atoms with Crippen LogP contribution in [0.1, 0.15) is 49.3 Å². The second-order valence-corrected chi connectivity index (χ2v) is 7.85. The quantitative estimate of drug-likeness (QED) is 0.576. The van der Waals surface area contributed by atoms with Crippen LogP contribution in [0.5, 0.6) is 0 Å². The first kappa shape index (κ1) is 17.3. The summed E-state index contributed by atoms with van der Waals surface area (Å²) in [7, 11) is 0. The molecule has 22 heavy (non-hydrogen) atoms. The van der Waals surface area contributed by atoms with E-state index in [9.17, 15) is 5.11 Å². The van der Waals surface area contributed by atoms with E-state index in [4.69, 9.17) is 0 Å². The number of guanidine groups is 1. The normalized spacial score (nSPS) is 26.0. The van der Waals surface area contributed by atoms with Gasteiger partial charge in [0.15, 0.2) is 5.96 Å². The Bertz CT molecular complexity index is 500. The van der Waals surface area contributed by atoms with Crippen molar-refractivity contribution in [3.8, 4) is 0 Å². The Morgan fingerprint density at radius 2 is 2.23 bits per heavy atom. The molecule has 0 aromatic carbocycles. The van der Waals surface area contributed by atoms with Crippen LogP contribution in [-0.4, -0.2) is 30.3 Å². The molecule has 0 spiro atoms. The van der Waals surface area contributed by atoms with Crippen LogP contribution in [0.15, 0.2) is 17.1 Å². The van der Waals surface area contributed by atoms with Crippen LogP contribution in [0.25, 0.3) is 0 Å². The lowest BCUT2D eigenvalue weighted by Gasteiger charge is -2.38. The first-order valence-corrected chi connectivity index (χ1v) is 9.11. The summed E-state index contributed by atoms with van der Waals surface area (Å²) in [5, 5.41) is 17.0. The predicted octanol–water partition coefficient (Wildman–Crippen LogP) is 3.05. The predicted molar refractivity (Wildman–Crippen MR) is 94.5 cm³/mol. The fraction of sp³-hybridized carbons (Fsp3) is 0.706. The average molecular weight is 324 g/mol. The summed E-state index contributed by atoms with van der Waals surface area (Å²) in [6.07, 6.45) is 4.13. The Morgan fingerprint density at radius 3 is 2.86 bits per heavy atom. The standard InChI is InChI=1S/C17H29N3OS/c1-4-18-16(19-11-14-9-8-13(2)22-14)20-12-17(3)10-6-5-7-15(17)21/h8-9,15,21H,4-7,10-12H2,1-3H3,(H2,18,19,20). The van der Waals surface area contributed by atoms with Crippen LogP contribution in [0.4, 0.5) is 0 Å². The van der Waals surface area contributed by atoms with E-state index in [1.165, 1.54) is 16.2 Å². The minimum Gasteiger partial charge on any atom is -0.392 e. The fourth-order valence-corrected chi connectivity index (χ4v) is 3.76. The second-order valence-electron chi connectivity index (χ2n) is 6.48. The van der Waals surface area contributed by atoms with E-state index >= 15 is 0 Å². The minimum atomic E-state index is -0.212. The summed E-state index contributed by atoms with van der Waals surface area (Å²) in [5.74, 6) is 0.840. The van der Waals surface area contributed by atoms with Gasteiger partial charge in [0.2, 0.25) is 0 Å². The Balaban J connectivity index is 1.93. The molecule has 5 heteroatoms. The van der Waals surface area contributed by atoms with Gasteiger partial charge in [0.1, 0.15) is 0 Å². The van der Waals surface area contributed by atoms with Gasteiger partial charge in [-0.2, -0.15) is 0 Å². The first-order valence-electron chi connectivity index (χ1n) is 8.29. The number of rotatable bonds is 5. The highest BCUT2D eigenvalue weighted by molar-refractivity contribution is 7.11. The SMILES string of the molecule is CCNC(=NCc1ccc(C)s1)NCC1(C)CCCCC1O. The number of thiophene rings is 1. The molecule has 0 saturated heterocycles. The number of aliphatic hydroxyl groups excluding tert-OH is 1. The molecule has 2 unspecified atom stereocenters. The summed E-state index contributed by atoms with van der Waals surface area (Å²) in [6, 6.07) is 4.27. The van der Waals surface area contributed by atoms with Gasteiger partial charge < -0.3 is 15.7 Å². The van der Waals surface area contributed by atoms with Crippen molar-refractivity contribution in [2.75, 3.05) is 13.1 Å². The lowest BCUT2D eigenvalue weighted by molar-refractivity contribution is 0.00397. The number of aryl methyl sites for hydroxylation is 1. The third-order valence-corrected chi connectivity index (χ3v) is 5.46. The van der Waals surface area contributed by atoms with Crippen molar-refractivity contribution in [3.05, 3.63) is 21.9 Å². The Labute approximate surface area is 138 Å². The van der Waals surface area contributed by atoms with Crippen molar-refractivity contribution in [3.63, 3.8) is 0 Å². The molecule has 1 saturated carbocycles. The Hall–Kier alpha value is -1.07. The van der Waals surface area contributed by atoms with E-state index in [0.29, 0.717) is 6.54 Å². The van der Waals surface area contributed by atoms with Crippen molar-refractivity contribution < 1.29 is 5.11 Å².